The number of hydrogen-bond donors (Lipinski definition) is 1. The van der Waals surface area contributed by atoms with Crippen molar-refractivity contribution < 1.29 is 4.79 Å². The van der Waals surface area contributed by atoms with Crippen LogP contribution in [0.4, 0.5) is 0 Å². The molecule has 0 unspecified atom stereocenters. The molecule has 0 saturated carbocycles. The fraction of sp³-hybridized carbons (Fsp3) is 0.167. The molecule has 0 fully saturated rings. The van der Waals surface area contributed by atoms with E-state index in [1.165, 1.54) is 12.5 Å². The van der Waals surface area contributed by atoms with Gasteiger partial charge in [0, 0.05) is 13.2 Å². The predicted molar refractivity (Wildman–Crippen MR) is 42.7 cm³/mol. The minimum Gasteiger partial charge on any atom is -0.354 e. The van der Waals surface area contributed by atoms with Crippen molar-refractivity contribution in [3.05, 3.63) is 24.3 Å². The number of nitrogens with one attached hydrogen (secondary N) is 1. The minimum absolute atomic E-state index is 0. The van der Waals surface area contributed by atoms with Gasteiger partial charge in [-0.05, 0) is 6.07 Å². The van der Waals surface area contributed by atoms with Gasteiger partial charge in [0.15, 0.2) is 0 Å². The summed E-state index contributed by atoms with van der Waals surface area (Å²) in [7, 11) is 1.56. The first-order valence-electron chi connectivity index (χ1n) is 2.82. The van der Waals surface area contributed by atoms with Gasteiger partial charge in [-0.1, -0.05) is 0 Å². The first-order chi connectivity index (χ1) is 4.84. The molecule has 4 nitrogen and oxygen atoms in total. The molecule has 0 radical (unpaired) electrons. The third-order valence-electron chi connectivity index (χ3n) is 1.04. The third kappa shape index (κ3) is 2.51. The molecule has 11 heavy (non-hydrogen) atoms. The lowest BCUT2D eigenvalue weighted by molar-refractivity contribution is 0.0958. The second kappa shape index (κ2) is 4.62. The molecule has 0 atom stereocenters. The number of carbonyl (C=O) groups excluding carboxylic acids is 1. The lowest BCUT2D eigenvalue weighted by Crippen LogP contribution is -2.18. The minimum atomic E-state index is -0.192. The largest absolute Gasteiger partial charge is 0.354 e. The van der Waals surface area contributed by atoms with E-state index in [-0.39, 0.29) is 18.3 Å². The van der Waals surface area contributed by atoms with Gasteiger partial charge in [-0.3, -0.25) is 4.79 Å². The predicted octanol–water partition coefficient (Wildman–Crippen LogP) is 0.258. The van der Waals surface area contributed by atoms with Gasteiger partial charge in [0.05, 0.1) is 0 Å². The molecule has 1 N–H and O–H groups in total. The monoisotopic (exact) mass is 173 g/mol. The van der Waals surface area contributed by atoms with Crippen LogP contribution in [0.1, 0.15) is 10.5 Å². The van der Waals surface area contributed by atoms with Crippen molar-refractivity contribution in [2.75, 3.05) is 7.05 Å². The Morgan fingerprint density at radius 1 is 1.64 bits per heavy atom. The molecule has 0 aliphatic carbocycles. The van der Waals surface area contributed by atoms with Crippen LogP contribution in [0.3, 0.4) is 0 Å². The quantitative estimate of drug-likeness (QED) is 0.663. The van der Waals surface area contributed by atoms with Gasteiger partial charge in [-0.15, -0.1) is 12.4 Å². The van der Waals surface area contributed by atoms with Gasteiger partial charge >= 0.3 is 0 Å². The Bertz CT molecular complexity index is 227. The van der Waals surface area contributed by atoms with Crippen molar-refractivity contribution in [3.63, 3.8) is 0 Å². The molecule has 60 valence electrons. The Kier molecular flexibility index (Phi) is 4.14. The number of carbonyl (C=O) groups is 1. The summed E-state index contributed by atoms with van der Waals surface area (Å²) < 4.78 is 0. The SMILES string of the molecule is CNC(=O)c1ccncn1.Cl. The van der Waals surface area contributed by atoms with Crippen molar-refractivity contribution >= 4 is 18.3 Å². The van der Waals surface area contributed by atoms with E-state index in [9.17, 15) is 4.79 Å². The number of nitrogens with zero attached hydrogens (tertiary/aromatic N) is 2. The maximum atomic E-state index is 10.8. The summed E-state index contributed by atoms with van der Waals surface area (Å²) in [6, 6.07) is 1.55. The lowest BCUT2D eigenvalue weighted by Gasteiger charge is -1.94. The van der Waals surface area contributed by atoms with Gasteiger partial charge in [0.1, 0.15) is 12.0 Å². The van der Waals surface area contributed by atoms with Crippen LogP contribution in [-0.2, 0) is 0 Å². The average molecular weight is 174 g/mol. The van der Waals surface area contributed by atoms with Crippen LogP contribution >= 0.6 is 12.4 Å². The molecule has 1 aromatic rings. The second-order valence-electron chi connectivity index (χ2n) is 1.67. The third-order valence-corrected chi connectivity index (χ3v) is 1.04. The normalized spacial score (nSPS) is 8.09. The van der Waals surface area contributed by atoms with E-state index in [0.717, 1.165) is 0 Å². The zero-order valence-corrected chi connectivity index (χ0v) is 6.76. The Labute approximate surface area is 70.5 Å². The molecule has 1 rings (SSSR count). The standard InChI is InChI=1S/C6H7N3O.ClH/c1-7-6(10)5-2-3-8-4-9-5;/h2-4H,1H3,(H,7,10);1H. The van der Waals surface area contributed by atoms with Crippen LogP contribution < -0.4 is 5.32 Å². The Hall–Kier alpha value is -1.16. The summed E-state index contributed by atoms with van der Waals surface area (Å²) in [4.78, 5) is 18.2. The fourth-order valence-electron chi connectivity index (χ4n) is 0.553. The van der Waals surface area contributed by atoms with Crippen molar-refractivity contribution in [1.29, 1.82) is 0 Å². The molecular formula is C6H8ClN3O. The number of aromatic nitrogens is 2. The molecule has 0 bridgehead atoms. The van der Waals surface area contributed by atoms with Crippen LogP contribution in [0.15, 0.2) is 18.6 Å². The fourth-order valence-corrected chi connectivity index (χ4v) is 0.553. The van der Waals surface area contributed by atoms with Gasteiger partial charge in [-0.2, -0.15) is 0 Å². The van der Waals surface area contributed by atoms with E-state index in [2.05, 4.69) is 15.3 Å². The van der Waals surface area contributed by atoms with Gasteiger partial charge in [-0.25, -0.2) is 9.97 Å². The van der Waals surface area contributed by atoms with Crippen LogP contribution in [0.25, 0.3) is 0 Å². The molecule has 0 spiro atoms. The number of hydrogen-bond acceptors (Lipinski definition) is 3. The number of amides is 1. The molecule has 0 saturated heterocycles. The maximum absolute atomic E-state index is 10.8. The maximum Gasteiger partial charge on any atom is 0.269 e. The summed E-state index contributed by atoms with van der Waals surface area (Å²) in [5.74, 6) is -0.192. The molecule has 1 heterocycles. The van der Waals surface area contributed by atoms with E-state index in [1.807, 2.05) is 0 Å². The summed E-state index contributed by atoms with van der Waals surface area (Å²) in [5, 5.41) is 2.45. The smallest absolute Gasteiger partial charge is 0.269 e. The average Bonchev–Trinajstić information content (AvgIpc) is 2.05. The molecule has 1 amide bonds. The first kappa shape index (κ1) is 9.84. The molecule has 0 aromatic carbocycles. The molecular weight excluding hydrogens is 166 g/mol. The summed E-state index contributed by atoms with van der Waals surface area (Å²) in [5.41, 5.74) is 0.387. The van der Waals surface area contributed by atoms with Crippen molar-refractivity contribution in [2.45, 2.75) is 0 Å². The number of rotatable bonds is 1. The lowest BCUT2D eigenvalue weighted by atomic mass is 10.4. The van der Waals surface area contributed by atoms with Gasteiger partial charge in [0.2, 0.25) is 0 Å². The van der Waals surface area contributed by atoms with Crippen molar-refractivity contribution in [3.8, 4) is 0 Å². The molecule has 5 heteroatoms. The zero-order chi connectivity index (χ0) is 7.40. The molecule has 1 aromatic heterocycles. The Balaban J connectivity index is 0.000001000. The highest BCUT2D eigenvalue weighted by Gasteiger charge is 2.00. The van der Waals surface area contributed by atoms with Crippen LogP contribution in [0.2, 0.25) is 0 Å². The second-order valence-corrected chi connectivity index (χ2v) is 1.67. The number of halogens is 1. The Morgan fingerprint density at radius 3 is 2.82 bits per heavy atom. The first-order valence-corrected chi connectivity index (χ1v) is 2.82. The summed E-state index contributed by atoms with van der Waals surface area (Å²) in [6.45, 7) is 0. The van der Waals surface area contributed by atoms with E-state index >= 15 is 0 Å². The van der Waals surface area contributed by atoms with Crippen molar-refractivity contribution in [2.24, 2.45) is 0 Å². The topological polar surface area (TPSA) is 54.9 Å². The van der Waals surface area contributed by atoms with Crippen LogP contribution in [0, 0.1) is 0 Å². The molecule has 0 aliphatic heterocycles. The van der Waals surface area contributed by atoms with Crippen LogP contribution in [-0.4, -0.2) is 22.9 Å². The Morgan fingerprint density at radius 2 is 2.36 bits per heavy atom. The summed E-state index contributed by atoms with van der Waals surface area (Å²) in [6.07, 6.45) is 2.86. The summed E-state index contributed by atoms with van der Waals surface area (Å²) >= 11 is 0. The van der Waals surface area contributed by atoms with Gasteiger partial charge < -0.3 is 5.32 Å². The zero-order valence-electron chi connectivity index (χ0n) is 5.94. The molecule has 0 aliphatic rings. The van der Waals surface area contributed by atoms with Crippen molar-refractivity contribution in [1.82, 2.24) is 15.3 Å². The highest BCUT2D eigenvalue weighted by atomic mass is 35.5. The highest BCUT2D eigenvalue weighted by Crippen LogP contribution is 1.88. The van der Waals surface area contributed by atoms with E-state index in [4.69, 9.17) is 0 Å². The van der Waals surface area contributed by atoms with Gasteiger partial charge in [0.25, 0.3) is 5.91 Å². The highest BCUT2D eigenvalue weighted by molar-refractivity contribution is 5.91. The van der Waals surface area contributed by atoms with E-state index in [0.29, 0.717) is 5.69 Å². The van der Waals surface area contributed by atoms with E-state index in [1.54, 1.807) is 13.1 Å². The van der Waals surface area contributed by atoms with Crippen LogP contribution in [0.5, 0.6) is 0 Å². The van der Waals surface area contributed by atoms with E-state index < -0.39 is 0 Å².